The third-order valence-corrected chi connectivity index (χ3v) is 5.03. The van der Waals surface area contributed by atoms with Gasteiger partial charge in [0.15, 0.2) is 11.5 Å². The Morgan fingerprint density at radius 3 is 2.20 bits per heavy atom. The summed E-state index contributed by atoms with van der Waals surface area (Å²) in [6, 6.07) is 7.35. The lowest BCUT2D eigenvalue weighted by Gasteiger charge is -2.22. The Hall–Kier alpha value is -3.75. The predicted octanol–water partition coefficient (Wildman–Crippen LogP) is 2.46. The van der Waals surface area contributed by atoms with Gasteiger partial charge in [0.2, 0.25) is 17.5 Å². The minimum absolute atomic E-state index is 0.298. The van der Waals surface area contributed by atoms with Crippen molar-refractivity contribution in [1.82, 2.24) is 15.0 Å². The van der Waals surface area contributed by atoms with Crippen LogP contribution in [0.2, 0.25) is 0 Å². The number of benzene rings is 1. The Labute approximate surface area is 172 Å². The molecule has 4 rings (SSSR count). The van der Waals surface area contributed by atoms with E-state index in [9.17, 15) is 4.79 Å². The maximum atomic E-state index is 11.8. The van der Waals surface area contributed by atoms with Gasteiger partial charge in [-0.3, -0.25) is 4.98 Å². The molecule has 30 heavy (non-hydrogen) atoms. The van der Waals surface area contributed by atoms with Gasteiger partial charge in [-0.2, -0.15) is 0 Å². The Balaban J connectivity index is 1.88. The summed E-state index contributed by atoms with van der Waals surface area (Å²) in [5.41, 5.74) is 1.92. The smallest absolute Gasteiger partial charge is 0.347 e. The van der Waals surface area contributed by atoms with E-state index < -0.39 is 11.8 Å². The first-order chi connectivity index (χ1) is 14.6. The molecular weight excluding hydrogens is 390 g/mol. The highest BCUT2D eigenvalue weighted by atomic mass is 16.5. The molecule has 1 N–H and O–H groups in total. The molecule has 0 fully saturated rings. The summed E-state index contributed by atoms with van der Waals surface area (Å²) in [5, 5.41) is 0. The van der Waals surface area contributed by atoms with Crippen LogP contribution in [0.3, 0.4) is 0 Å². The molecule has 1 aromatic carbocycles. The molecule has 0 radical (unpaired) electrons. The fourth-order valence-electron chi connectivity index (χ4n) is 3.64. The molecule has 1 aliphatic heterocycles. The zero-order chi connectivity index (χ0) is 21.3. The van der Waals surface area contributed by atoms with Crippen LogP contribution in [0.5, 0.6) is 29.0 Å². The van der Waals surface area contributed by atoms with Crippen LogP contribution in [-0.2, 0) is 0 Å². The normalized spacial score (nSPS) is 17.1. The van der Waals surface area contributed by atoms with Crippen molar-refractivity contribution in [3.63, 3.8) is 0 Å². The van der Waals surface area contributed by atoms with E-state index in [2.05, 4.69) is 15.0 Å². The number of methoxy groups -OCH3 is 4. The quantitative estimate of drug-likeness (QED) is 0.660. The summed E-state index contributed by atoms with van der Waals surface area (Å²) in [6.07, 6.45) is 2.76. The number of hydrogen-bond donors (Lipinski definition) is 1. The maximum Gasteiger partial charge on any atom is 0.347 e. The number of aromatic nitrogens is 3. The van der Waals surface area contributed by atoms with E-state index in [0.29, 0.717) is 29.0 Å². The molecule has 0 spiro atoms. The second kappa shape index (κ2) is 7.94. The molecule has 156 valence electrons. The predicted molar refractivity (Wildman–Crippen MR) is 107 cm³/mol. The SMILES string of the molecule is COc1ccc(C2Oc3[nH]c(=O)ncc3C2c2cc(OC)c(OC)c(OC)c2)cn1. The minimum Gasteiger partial charge on any atom is -0.493 e. The molecule has 9 heteroatoms. The third kappa shape index (κ3) is 3.28. The Kier molecular flexibility index (Phi) is 5.18. The first-order valence-electron chi connectivity index (χ1n) is 9.15. The van der Waals surface area contributed by atoms with Crippen LogP contribution in [0, 0.1) is 0 Å². The monoisotopic (exact) mass is 411 g/mol. The summed E-state index contributed by atoms with van der Waals surface area (Å²) >= 11 is 0. The summed E-state index contributed by atoms with van der Waals surface area (Å²) in [6.45, 7) is 0. The zero-order valence-electron chi connectivity index (χ0n) is 17.0. The van der Waals surface area contributed by atoms with Gasteiger partial charge >= 0.3 is 5.69 Å². The number of pyridine rings is 1. The molecule has 0 amide bonds. The van der Waals surface area contributed by atoms with Gasteiger partial charge in [-0.1, -0.05) is 0 Å². The van der Waals surface area contributed by atoms with E-state index in [1.165, 1.54) is 6.20 Å². The highest BCUT2D eigenvalue weighted by Crippen LogP contribution is 2.50. The van der Waals surface area contributed by atoms with Gasteiger partial charge in [0.1, 0.15) is 6.10 Å². The molecule has 0 aliphatic carbocycles. The zero-order valence-corrected chi connectivity index (χ0v) is 17.0. The second-order valence-electron chi connectivity index (χ2n) is 6.58. The summed E-state index contributed by atoms with van der Waals surface area (Å²) in [5.74, 6) is 2.09. The van der Waals surface area contributed by atoms with Crippen molar-refractivity contribution in [1.29, 1.82) is 0 Å². The largest absolute Gasteiger partial charge is 0.493 e. The topological polar surface area (TPSA) is 105 Å². The second-order valence-corrected chi connectivity index (χ2v) is 6.58. The minimum atomic E-state index is -0.481. The lowest BCUT2D eigenvalue weighted by atomic mass is 9.86. The number of aromatic amines is 1. The lowest BCUT2D eigenvalue weighted by molar-refractivity contribution is 0.213. The highest BCUT2D eigenvalue weighted by molar-refractivity contribution is 5.57. The van der Waals surface area contributed by atoms with Crippen LogP contribution in [0.1, 0.15) is 28.7 Å². The molecule has 0 bridgehead atoms. The molecule has 3 heterocycles. The van der Waals surface area contributed by atoms with Crippen LogP contribution < -0.4 is 29.4 Å². The van der Waals surface area contributed by atoms with E-state index in [4.69, 9.17) is 23.7 Å². The Morgan fingerprint density at radius 1 is 0.900 bits per heavy atom. The fraction of sp³-hybridized carbons (Fsp3) is 0.286. The first-order valence-corrected chi connectivity index (χ1v) is 9.15. The van der Waals surface area contributed by atoms with Gasteiger partial charge in [0.25, 0.3) is 0 Å². The average molecular weight is 411 g/mol. The summed E-state index contributed by atoms with van der Waals surface area (Å²) in [4.78, 5) is 22.6. The molecule has 3 aromatic rings. The number of nitrogens with one attached hydrogen (secondary N) is 1. The fourth-order valence-corrected chi connectivity index (χ4v) is 3.64. The van der Waals surface area contributed by atoms with Crippen LogP contribution in [0.15, 0.2) is 41.5 Å². The number of nitrogens with zero attached hydrogens (tertiary/aromatic N) is 2. The van der Waals surface area contributed by atoms with E-state index in [1.807, 2.05) is 18.2 Å². The van der Waals surface area contributed by atoms with Crippen molar-refractivity contribution < 1.29 is 23.7 Å². The van der Waals surface area contributed by atoms with Gasteiger partial charge < -0.3 is 23.7 Å². The number of rotatable bonds is 6. The number of fused-ring (bicyclic) bond motifs is 1. The van der Waals surface area contributed by atoms with E-state index in [1.54, 1.807) is 40.7 Å². The van der Waals surface area contributed by atoms with Gasteiger partial charge in [0.05, 0.1) is 34.4 Å². The standard InChI is InChI=1S/C21H21N3O6/c1-26-14-7-12(8-15(27-2)19(14)29-4)17-13-10-23-21(25)24-20(13)30-18(17)11-5-6-16(28-3)22-9-11/h5-10,17-18H,1-4H3,(H,23,24,25). The van der Waals surface area contributed by atoms with Crippen molar-refractivity contribution in [2.45, 2.75) is 12.0 Å². The molecule has 2 aromatic heterocycles. The van der Waals surface area contributed by atoms with E-state index in [0.717, 1.165) is 16.7 Å². The summed E-state index contributed by atoms with van der Waals surface area (Å²) < 4.78 is 27.7. The molecule has 9 nitrogen and oxygen atoms in total. The summed E-state index contributed by atoms with van der Waals surface area (Å²) in [7, 11) is 6.22. The van der Waals surface area contributed by atoms with E-state index >= 15 is 0 Å². The van der Waals surface area contributed by atoms with Crippen LogP contribution in [0.25, 0.3) is 0 Å². The Morgan fingerprint density at radius 2 is 1.63 bits per heavy atom. The van der Waals surface area contributed by atoms with Crippen molar-refractivity contribution in [2.75, 3.05) is 28.4 Å². The van der Waals surface area contributed by atoms with Gasteiger partial charge in [0, 0.05) is 29.6 Å². The molecule has 0 saturated heterocycles. The molecular formula is C21H21N3O6. The van der Waals surface area contributed by atoms with E-state index in [-0.39, 0.29) is 5.92 Å². The van der Waals surface area contributed by atoms with Crippen LogP contribution >= 0.6 is 0 Å². The molecule has 2 atom stereocenters. The molecule has 1 aliphatic rings. The van der Waals surface area contributed by atoms with Gasteiger partial charge in [-0.25, -0.2) is 14.8 Å². The van der Waals surface area contributed by atoms with Crippen molar-refractivity contribution in [2.24, 2.45) is 0 Å². The van der Waals surface area contributed by atoms with Gasteiger partial charge in [-0.15, -0.1) is 0 Å². The molecule has 0 saturated carbocycles. The van der Waals surface area contributed by atoms with Crippen LogP contribution in [0.4, 0.5) is 0 Å². The van der Waals surface area contributed by atoms with Crippen molar-refractivity contribution >= 4 is 0 Å². The van der Waals surface area contributed by atoms with Crippen molar-refractivity contribution in [3.8, 4) is 29.0 Å². The third-order valence-electron chi connectivity index (χ3n) is 5.03. The Bertz CT molecular complexity index is 1090. The van der Waals surface area contributed by atoms with Crippen LogP contribution in [-0.4, -0.2) is 43.4 Å². The number of H-pyrrole nitrogens is 1. The number of ether oxygens (including phenoxy) is 5. The average Bonchev–Trinajstić information content (AvgIpc) is 3.16. The van der Waals surface area contributed by atoms with Gasteiger partial charge in [-0.05, 0) is 23.8 Å². The van der Waals surface area contributed by atoms with Crippen molar-refractivity contribution in [3.05, 3.63) is 63.8 Å². The highest BCUT2D eigenvalue weighted by Gasteiger charge is 2.39. The molecule has 2 unspecified atom stereocenters. The number of hydrogen-bond acceptors (Lipinski definition) is 8. The lowest BCUT2D eigenvalue weighted by Crippen LogP contribution is -2.12. The first kappa shape index (κ1) is 19.6. The maximum absolute atomic E-state index is 11.8.